The number of benzene rings is 1. The van der Waals surface area contributed by atoms with Crippen LogP contribution in [0.15, 0.2) is 41.0 Å². The number of ether oxygens (including phenoxy) is 1. The fraction of sp³-hybridized carbons (Fsp3) is 0.0769. The number of pyridine rings is 1. The number of nitrogens with one attached hydrogen (secondary N) is 1. The second-order valence-corrected chi connectivity index (χ2v) is 4.61. The molecule has 5 nitrogen and oxygen atoms in total. The second kappa shape index (κ2) is 5.71. The van der Waals surface area contributed by atoms with E-state index in [1.54, 1.807) is 0 Å². The maximum absolute atomic E-state index is 11.7. The maximum Gasteiger partial charge on any atom is 0.340 e. The zero-order valence-electron chi connectivity index (χ0n) is 10.2. The molecule has 0 aliphatic heterocycles. The van der Waals surface area contributed by atoms with Crippen molar-refractivity contribution >= 4 is 39.1 Å². The van der Waals surface area contributed by atoms with Crippen LogP contribution in [0.2, 0.25) is 0 Å². The van der Waals surface area contributed by atoms with Crippen LogP contribution in [0, 0.1) is 0 Å². The van der Waals surface area contributed by atoms with Crippen LogP contribution >= 0.6 is 15.9 Å². The van der Waals surface area contributed by atoms with Gasteiger partial charge in [0.2, 0.25) is 0 Å². The molecule has 3 N–H and O–H groups in total. The third kappa shape index (κ3) is 3.03. The quantitative estimate of drug-likeness (QED) is 0.850. The van der Waals surface area contributed by atoms with Crippen LogP contribution in [0.25, 0.3) is 0 Å². The molecule has 98 valence electrons. The number of carbonyl (C=O) groups excluding carboxylic acids is 1. The van der Waals surface area contributed by atoms with Crippen molar-refractivity contribution in [2.45, 2.75) is 0 Å². The third-order valence-electron chi connectivity index (χ3n) is 2.47. The predicted octanol–water partition coefficient (Wildman–Crippen LogP) is 2.96. The molecule has 0 spiro atoms. The molecule has 0 fully saturated rings. The highest BCUT2D eigenvalue weighted by Gasteiger charge is 2.14. The highest BCUT2D eigenvalue weighted by atomic mass is 79.9. The summed E-state index contributed by atoms with van der Waals surface area (Å²) in [5, 5.41) is 3.12. The number of esters is 1. The van der Waals surface area contributed by atoms with E-state index >= 15 is 0 Å². The molecular weight excluding hydrogens is 310 g/mol. The third-order valence-corrected chi connectivity index (χ3v) is 3.17. The van der Waals surface area contributed by atoms with Crippen LogP contribution in [-0.4, -0.2) is 18.1 Å². The minimum Gasteiger partial charge on any atom is -0.465 e. The highest BCUT2D eigenvalue weighted by Crippen LogP contribution is 2.27. The van der Waals surface area contributed by atoms with Crippen LogP contribution in [0.3, 0.4) is 0 Å². The Morgan fingerprint density at radius 2 is 2.11 bits per heavy atom. The Balaban J connectivity index is 2.40. The zero-order valence-corrected chi connectivity index (χ0v) is 11.8. The van der Waals surface area contributed by atoms with Gasteiger partial charge < -0.3 is 15.8 Å². The van der Waals surface area contributed by atoms with Crippen LogP contribution < -0.4 is 11.1 Å². The van der Waals surface area contributed by atoms with Crippen LogP contribution in [0.5, 0.6) is 0 Å². The van der Waals surface area contributed by atoms with E-state index in [0.717, 1.165) is 10.2 Å². The van der Waals surface area contributed by atoms with E-state index in [-0.39, 0.29) is 5.82 Å². The van der Waals surface area contributed by atoms with Gasteiger partial charge in [-0.05, 0) is 34.1 Å². The van der Waals surface area contributed by atoms with Gasteiger partial charge in [0.15, 0.2) is 0 Å². The van der Waals surface area contributed by atoms with Gasteiger partial charge in [-0.1, -0.05) is 12.1 Å². The molecule has 6 heteroatoms. The van der Waals surface area contributed by atoms with E-state index in [4.69, 9.17) is 10.5 Å². The summed E-state index contributed by atoms with van der Waals surface area (Å²) >= 11 is 3.42. The van der Waals surface area contributed by atoms with E-state index in [0.29, 0.717) is 11.3 Å². The van der Waals surface area contributed by atoms with Gasteiger partial charge in [0, 0.05) is 4.47 Å². The number of aromatic nitrogens is 1. The first-order valence-electron chi connectivity index (χ1n) is 5.47. The smallest absolute Gasteiger partial charge is 0.340 e. The predicted molar refractivity (Wildman–Crippen MR) is 77.4 cm³/mol. The lowest BCUT2D eigenvalue weighted by atomic mass is 10.2. The summed E-state index contributed by atoms with van der Waals surface area (Å²) in [6.45, 7) is 0. The van der Waals surface area contributed by atoms with Crippen molar-refractivity contribution in [3.63, 3.8) is 0 Å². The van der Waals surface area contributed by atoms with E-state index in [1.807, 2.05) is 24.3 Å². The first-order chi connectivity index (χ1) is 9.11. The number of carbonyl (C=O) groups is 1. The van der Waals surface area contributed by atoms with Crippen molar-refractivity contribution in [3.8, 4) is 0 Å². The Kier molecular flexibility index (Phi) is 4.01. The van der Waals surface area contributed by atoms with Gasteiger partial charge in [-0.3, -0.25) is 0 Å². The van der Waals surface area contributed by atoms with Gasteiger partial charge in [-0.2, -0.15) is 0 Å². The van der Waals surface area contributed by atoms with Gasteiger partial charge in [-0.25, -0.2) is 9.78 Å². The number of hydrogen-bond acceptors (Lipinski definition) is 5. The summed E-state index contributed by atoms with van der Waals surface area (Å²) in [5.41, 5.74) is 7.28. The van der Waals surface area contributed by atoms with Crippen molar-refractivity contribution in [2.24, 2.45) is 0 Å². The Morgan fingerprint density at radius 1 is 1.37 bits per heavy atom. The minimum absolute atomic E-state index is 0.262. The Bertz CT molecular complexity index is 617. The van der Waals surface area contributed by atoms with E-state index in [1.165, 1.54) is 19.4 Å². The van der Waals surface area contributed by atoms with Crippen LogP contribution in [-0.2, 0) is 4.74 Å². The summed E-state index contributed by atoms with van der Waals surface area (Å²) in [5.74, 6) is -0.207. The van der Waals surface area contributed by atoms with E-state index in [2.05, 4.69) is 26.2 Å². The number of halogens is 1. The molecule has 0 amide bonds. The maximum atomic E-state index is 11.7. The molecule has 19 heavy (non-hydrogen) atoms. The lowest BCUT2D eigenvalue weighted by molar-refractivity contribution is 0.0602. The first kappa shape index (κ1) is 13.4. The van der Waals surface area contributed by atoms with Gasteiger partial charge in [0.1, 0.15) is 5.82 Å². The molecule has 0 saturated carbocycles. The molecule has 1 aromatic carbocycles. The Hall–Kier alpha value is -2.08. The topological polar surface area (TPSA) is 77.2 Å². The number of nitrogens with zero attached hydrogens (tertiary/aromatic N) is 1. The van der Waals surface area contributed by atoms with Crippen molar-refractivity contribution < 1.29 is 9.53 Å². The standard InChI is InChI=1S/C13H12BrN3O2/c1-19-13(18)8-6-12(15)16-7-11(8)17-10-5-3-2-4-9(10)14/h2-7,17H,1H3,(H2,15,16). The second-order valence-electron chi connectivity index (χ2n) is 3.75. The molecule has 2 rings (SSSR count). The lowest BCUT2D eigenvalue weighted by Gasteiger charge is -2.12. The molecule has 0 radical (unpaired) electrons. The number of anilines is 3. The average molecular weight is 322 g/mol. The Morgan fingerprint density at radius 3 is 2.79 bits per heavy atom. The van der Waals surface area contributed by atoms with Crippen molar-refractivity contribution in [3.05, 3.63) is 46.6 Å². The summed E-state index contributed by atoms with van der Waals surface area (Å²) in [4.78, 5) is 15.7. The average Bonchev–Trinajstić information content (AvgIpc) is 2.42. The summed E-state index contributed by atoms with van der Waals surface area (Å²) < 4.78 is 5.60. The molecule has 1 heterocycles. The molecule has 0 bridgehead atoms. The molecular formula is C13H12BrN3O2. The number of nitrogen functional groups attached to an aromatic ring is 1. The van der Waals surface area contributed by atoms with Crippen molar-refractivity contribution in [2.75, 3.05) is 18.2 Å². The molecule has 1 aromatic heterocycles. The Labute approximate surface area is 118 Å². The van der Waals surface area contributed by atoms with Crippen LogP contribution in [0.4, 0.5) is 17.2 Å². The molecule has 2 aromatic rings. The fourth-order valence-corrected chi connectivity index (χ4v) is 1.94. The fourth-order valence-electron chi connectivity index (χ4n) is 1.56. The van der Waals surface area contributed by atoms with Crippen molar-refractivity contribution in [1.29, 1.82) is 0 Å². The van der Waals surface area contributed by atoms with Gasteiger partial charge in [-0.15, -0.1) is 0 Å². The number of nitrogens with two attached hydrogens (primary N) is 1. The molecule has 0 saturated heterocycles. The molecule has 0 unspecified atom stereocenters. The van der Waals surface area contributed by atoms with E-state index < -0.39 is 5.97 Å². The van der Waals surface area contributed by atoms with Gasteiger partial charge in [0.05, 0.1) is 30.2 Å². The number of methoxy groups -OCH3 is 1. The summed E-state index contributed by atoms with van der Waals surface area (Å²) in [7, 11) is 1.32. The zero-order chi connectivity index (χ0) is 13.8. The normalized spacial score (nSPS) is 10.0. The first-order valence-corrected chi connectivity index (χ1v) is 6.26. The number of para-hydroxylation sites is 1. The number of hydrogen-bond donors (Lipinski definition) is 2. The number of rotatable bonds is 3. The van der Waals surface area contributed by atoms with Crippen molar-refractivity contribution in [1.82, 2.24) is 4.98 Å². The van der Waals surface area contributed by atoms with Gasteiger partial charge in [0.25, 0.3) is 0 Å². The van der Waals surface area contributed by atoms with E-state index in [9.17, 15) is 4.79 Å². The van der Waals surface area contributed by atoms with Crippen LogP contribution in [0.1, 0.15) is 10.4 Å². The lowest BCUT2D eigenvalue weighted by Crippen LogP contribution is -2.07. The van der Waals surface area contributed by atoms with Gasteiger partial charge >= 0.3 is 5.97 Å². The minimum atomic E-state index is -0.469. The summed E-state index contributed by atoms with van der Waals surface area (Å²) in [6, 6.07) is 9.03. The molecule has 0 aliphatic carbocycles. The molecule has 0 atom stereocenters. The monoisotopic (exact) mass is 321 g/mol. The summed E-state index contributed by atoms with van der Waals surface area (Å²) in [6.07, 6.45) is 1.50. The highest BCUT2D eigenvalue weighted by molar-refractivity contribution is 9.10. The molecule has 0 aliphatic rings. The largest absolute Gasteiger partial charge is 0.465 e. The SMILES string of the molecule is COC(=O)c1cc(N)ncc1Nc1ccccc1Br.